The predicted molar refractivity (Wildman–Crippen MR) is 126 cm³/mol. The van der Waals surface area contributed by atoms with Gasteiger partial charge >= 0.3 is 0 Å². The second-order valence-corrected chi connectivity index (χ2v) is 8.77. The summed E-state index contributed by atoms with van der Waals surface area (Å²) in [5, 5.41) is 0.148. The van der Waals surface area contributed by atoms with E-state index in [0.717, 1.165) is 11.1 Å². The number of benzene rings is 3. The Morgan fingerprint density at radius 1 is 0.970 bits per heavy atom. The molecule has 33 heavy (non-hydrogen) atoms. The van der Waals surface area contributed by atoms with Crippen molar-refractivity contribution in [2.24, 2.45) is 0 Å². The van der Waals surface area contributed by atoms with Crippen LogP contribution in [0, 0.1) is 5.82 Å². The molecule has 0 saturated heterocycles. The summed E-state index contributed by atoms with van der Waals surface area (Å²) in [6.07, 6.45) is 0.642. The fourth-order valence-corrected chi connectivity index (χ4v) is 4.53. The summed E-state index contributed by atoms with van der Waals surface area (Å²) in [4.78, 5) is 28.6. The molecule has 1 amide bonds. The first-order valence-electron chi connectivity index (χ1n) is 11.1. The van der Waals surface area contributed by atoms with E-state index in [9.17, 15) is 14.0 Å². The molecule has 0 spiro atoms. The van der Waals surface area contributed by atoms with Gasteiger partial charge in [-0.25, -0.2) is 4.39 Å². The van der Waals surface area contributed by atoms with Gasteiger partial charge in [0.25, 0.3) is 5.91 Å². The summed E-state index contributed by atoms with van der Waals surface area (Å²) < 4.78 is 19.8. The molecule has 0 radical (unpaired) electrons. The SMILES string of the molecule is CC(C)c1ccc(C2c3c(oc4ccc(F)cc4c3=O)C(=O)N2CCc2ccccc2)cc1. The van der Waals surface area contributed by atoms with Crippen molar-refractivity contribution in [1.82, 2.24) is 4.90 Å². The molecule has 3 aromatic carbocycles. The van der Waals surface area contributed by atoms with Gasteiger partial charge in [0, 0.05) is 6.54 Å². The number of hydrogen-bond acceptors (Lipinski definition) is 3. The Balaban J connectivity index is 1.64. The number of carbonyl (C=O) groups is 1. The van der Waals surface area contributed by atoms with Crippen molar-refractivity contribution in [2.75, 3.05) is 6.54 Å². The number of hydrogen-bond donors (Lipinski definition) is 0. The number of amides is 1. The van der Waals surface area contributed by atoms with Gasteiger partial charge in [-0.15, -0.1) is 0 Å². The van der Waals surface area contributed by atoms with Gasteiger partial charge in [0.15, 0.2) is 5.43 Å². The summed E-state index contributed by atoms with van der Waals surface area (Å²) in [7, 11) is 0. The Morgan fingerprint density at radius 3 is 2.39 bits per heavy atom. The summed E-state index contributed by atoms with van der Waals surface area (Å²) in [5.41, 5.74) is 3.24. The molecule has 1 aliphatic rings. The maximum atomic E-state index is 13.9. The molecular weight excluding hydrogens is 417 g/mol. The van der Waals surface area contributed by atoms with E-state index >= 15 is 0 Å². The molecule has 0 fully saturated rings. The minimum absolute atomic E-state index is 0.0464. The third kappa shape index (κ3) is 3.74. The van der Waals surface area contributed by atoms with Crippen LogP contribution in [0.25, 0.3) is 11.0 Å². The lowest BCUT2D eigenvalue weighted by Gasteiger charge is -2.25. The van der Waals surface area contributed by atoms with E-state index in [1.807, 2.05) is 54.6 Å². The summed E-state index contributed by atoms with van der Waals surface area (Å²) in [5.74, 6) is -0.423. The number of nitrogens with zero attached hydrogens (tertiary/aromatic N) is 1. The molecule has 5 heteroatoms. The zero-order valence-electron chi connectivity index (χ0n) is 18.5. The molecule has 4 nitrogen and oxygen atoms in total. The Kier molecular flexibility index (Phi) is 5.33. The number of carbonyl (C=O) groups excluding carboxylic acids is 1. The van der Waals surface area contributed by atoms with Crippen molar-refractivity contribution in [3.8, 4) is 0 Å². The van der Waals surface area contributed by atoms with Crippen LogP contribution in [-0.2, 0) is 6.42 Å². The third-order valence-corrected chi connectivity index (χ3v) is 6.33. The molecule has 4 aromatic rings. The van der Waals surface area contributed by atoms with Gasteiger partial charge in [0.05, 0.1) is 17.0 Å². The van der Waals surface area contributed by atoms with Gasteiger partial charge in [-0.05, 0) is 47.2 Å². The van der Waals surface area contributed by atoms with Crippen LogP contribution in [0.4, 0.5) is 4.39 Å². The van der Waals surface area contributed by atoms with Crippen LogP contribution in [0.15, 0.2) is 82.0 Å². The van der Waals surface area contributed by atoms with E-state index in [4.69, 9.17) is 4.42 Å². The second-order valence-electron chi connectivity index (χ2n) is 8.77. The maximum Gasteiger partial charge on any atom is 0.290 e. The van der Waals surface area contributed by atoms with Gasteiger partial charge in [-0.2, -0.15) is 0 Å². The molecule has 0 saturated carbocycles. The minimum Gasteiger partial charge on any atom is -0.450 e. The molecule has 5 rings (SSSR count). The molecular formula is C28H24FNO3. The molecule has 1 unspecified atom stereocenters. The van der Waals surface area contributed by atoms with E-state index < -0.39 is 11.9 Å². The average molecular weight is 442 g/mol. The minimum atomic E-state index is -0.582. The zero-order valence-corrected chi connectivity index (χ0v) is 18.5. The highest BCUT2D eigenvalue weighted by molar-refractivity contribution is 5.99. The second kappa shape index (κ2) is 8.32. The van der Waals surface area contributed by atoms with Crippen LogP contribution in [0.5, 0.6) is 0 Å². The van der Waals surface area contributed by atoms with Crippen LogP contribution in [-0.4, -0.2) is 17.4 Å². The number of rotatable bonds is 5. The van der Waals surface area contributed by atoms with E-state index in [2.05, 4.69) is 13.8 Å². The predicted octanol–water partition coefficient (Wildman–Crippen LogP) is 5.84. The fraction of sp³-hybridized carbons (Fsp3) is 0.214. The van der Waals surface area contributed by atoms with E-state index in [1.165, 1.54) is 23.8 Å². The largest absolute Gasteiger partial charge is 0.450 e. The monoisotopic (exact) mass is 441 g/mol. The summed E-state index contributed by atoms with van der Waals surface area (Å²) in [6.45, 7) is 4.66. The van der Waals surface area contributed by atoms with Crippen LogP contribution in [0.1, 0.15) is 58.6 Å². The standard InChI is InChI=1S/C28H24FNO3/c1-17(2)19-8-10-20(11-9-19)25-24-26(31)22-16-21(29)12-13-23(22)33-27(24)28(32)30(25)15-14-18-6-4-3-5-7-18/h3-13,16-17,25H,14-15H2,1-2H3. The third-order valence-electron chi connectivity index (χ3n) is 6.33. The molecule has 1 aliphatic heterocycles. The average Bonchev–Trinajstić information content (AvgIpc) is 3.10. The molecule has 1 aromatic heterocycles. The highest BCUT2D eigenvalue weighted by Gasteiger charge is 2.42. The van der Waals surface area contributed by atoms with Crippen molar-refractivity contribution in [3.63, 3.8) is 0 Å². The number of fused-ring (bicyclic) bond motifs is 2. The first kappa shape index (κ1) is 21.1. The summed E-state index contributed by atoms with van der Waals surface area (Å²) in [6, 6.07) is 21.1. The lowest BCUT2D eigenvalue weighted by molar-refractivity contribution is 0.0730. The number of halogens is 1. The van der Waals surface area contributed by atoms with Crippen molar-refractivity contribution >= 4 is 16.9 Å². The molecule has 1 atom stereocenters. The van der Waals surface area contributed by atoms with E-state index in [0.29, 0.717) is 18.9 Å². The molecule has 2 heterocycles. The van der Waals surface area contributed by atoms with E-state index in [1.54, 1.807) is 4.90 Å². The Labute approximate surface area is 191 Å². The summed E-state index contributed by atoms with van der Waals surface area (Å²) >= 11 is 0. The zero-order chi connectivity index (χ0) is 23.1. The fourth-order valence-electron chi connectivity index (χ4n) is 4.53. The van der Waals surface area contributed by atoms with E-state index in [-0.39, 0.29) is 33.6 Å². The van der Waals surface area contributed by atoms with Gasteiger partial charge in [0.1, 0.15) is 11.4 Å². The molecule has 0 aliphatic carbocycles. The molecule has 0 N–H and O–H groups in total. The lowest BCUT2D eigenvalue weighted by atomic mass is 9.95. The Morgan fingerprint density at radius 2 is 1.70 bits per heavy atom. The smallest absolute Gasteiger partial charge is 0.290 e. The lowest BCUT2D eigenvalue weighted by Crippen LogP contribution is -2.31. The van der Waals surface area contributed by atoms with Crippen molar-refractivity contribution in [3.05, 3.63) is 117 Å². The van der Waals surface area contributed by atoms with Gasteiger partial charge < -0.3 is 9.32 Å². The van der Waals surface area contributed by atoms with Crippen molar-refractivity contribution in [2.45, 2.75) is 32.2 Å². The van der Waals surface area contributed by atoms with Gasteiger partial charge in [-0.1, -0.05) is 68.4 Å². The van der Waals surface area contributed by atoms with Crippen LogP contribution < -0.4 is 5.43 Å². The van der Waals surface area contributed by atoms with Crippen molar-refractivity contribution < 1.29 is 13.6 Å². The topological polar surface area (TPSA) is 50.5 Å². The van der Waals surface area contributed by atoms with Crippen molar-refractivity contribution in [1.29, 1.82) is 0 Å². The van der Waals surface area contributed by atoms with Gasteiger partial charge in [-0.3, -0.25) is 9.59 Å². The Hall–Kier alpha value is -3.73. The molecule has 0 bridgehead atoms. The Bertz CT molecular complexity index is 1390. The van der Waals surface area contributed by atoms with Crippen LogP contribution in [0.2, 0.25) is 0 Å². The van der Waals surface area contributed by atoms with Crippen LogP contribution >= 0.6 is 0 Å². The highest BCUT2D eigenvalue weighted by Crippen LogP contribution is 2.38. The van der Waals surface area contributed by atoms with Gasteiger partial charge in [0.2, 0.25) is 5.76 Å². The van der Waals surface area contributed by atoms with Crippen LogP contribution in [0.3, 0.4) is 0 Å². The highest BCUT2D eigenvalue weighted by atomic mass is 19.1. The first-order chi connectivity index (χ1) is 15.9. The first-order valence-corrected chi connectivity index (χ1v) is 11.1. The molecule has 166 valence electrons. The normalized spacial score (nSPS) is 15.5. The maximum absolute atomic E-state index is 13.9. The quantitative estimate of drug-likeness (QED) is 0.391.